The highest BCUT2D eigenvalue weighted by Crippen LogP contribution is 2.29. The second-order valence-corrected chi connectivity index (χ2v) is 8.54. The van der Waals surface area contributed by atoms with E-state index in [9.17, 15) is 18.8 Å². The number of hydrogen-bond donors (Lipinski definition) is 2. The number of halogens is 1. The first kappa shape index (κ1) is 22.7. The molecule has 174 valence electrons. The van der Waals surface area contributed by atoms with Crippen LogP contribution in [0.1, 0.15) is 18.9 Å². The van der Waals surface area contributed by atoms with Crippen molar-refractivity contribution in [1.82, 2.24) is 10.2 Å². The van der Waals surface area contributed by atoms with Gasteiger partial charge in [0.1, 0.15) is 11.9 Å². The number of carbonyl (C=O) groups excluding carboxylic acids is 3. The molecule has 2 aliphatic heterocycles. The van der Waals surface area contributed by atoms with E-state index in [1.165, 1.54) is 17.9 Å². The molecule has 2 saturated heterocycles. The summed E-state index contributed by atoms with van der Waals surface area (Å²) in [5, 5.41) is 2.62. The van der Waals surface area contributed by atoms with Crippen LogP contribution in [-0.4, -0.2) is 55.1 Å². The number of cyclic esters (lactones) is 1. The lowest BCUT2D eigenvalue weighted by molar-refractivity contribution is -0.121. The largest absolute Gasteiger partial charge is 0.442 e. The number of primary amides is 1. The SMILES string of the molecule is CC(=O)NC[C@H]1CN(c2ccc(-c3ccc(CN4CC[C@@H](C(N)=O)C4)cc3)c(F)c2)C(=O)O1. The van der Waals surface area contributed by atoms with Gasteiger partial charge in [-0.2, -0.15) is 0 Å². The standard InChI is InChI=1S/C24H27FN4O4/c1-15(30)27-11-20-14-29(24(32)33-20)19-6-7-21(22(25)10-19)17-4-2-16(3-5-17)12-28-9-8-18(13-28)23(26)31/h2-7,10,18,20H,8-9,11-14H2,1H3,(H2,26,31)(H,27,30)/t18-,20+/m1/s1. The minimum Gasteiger partial charge on any atom is -0.442 e. The maximum Gasteiger partial charge on any atom is 0.414 e. The van der Waals surface area contributed by atoms with Crippen molar-refractivity contribution >= 4 is 23.6 Å². The molecule has 2 fully saturated rings. The van der Waals surface area contributed by atoms with Crippen molar-refractivity contribution in [2.45, 2.75) is 26.0 Å². The van der Waals surface area contributed by atoms with Crippen molar-refractivity contribution in [3.63, 3.8) is 0 Å². The van der Waals surface area contributed by atoms with Gasteiger partial charge in [0, 0.05) is 25.6 Å². The van der Waals surface area contributed by atoms with E-state index in [2.05, 4.69) is 10.2 Å². The minimum atomic E-state index is -0.567. The zero-order valence-electron chi connectivity index (χ0n) is 18.4. The van der Waals surface area contributed by atoms with Gasteiger partial charge in [0.15, 0.2) is 0 Å². The maximum atomic E-state index is 14.9. The number of likely N-dealkylation sites (tertiary alicyclic amines) is 1. The zero-order chi connectivity index (χ0) is 23.5. The van der Waals surface area contributed by atoms with E-state index in [1.54, 1.807) is 12.1 Å². The highest BCUT2D eigenvalue weighted by Gasteiger charge is 2.32. The molecule has 0 spiro atoms. The Labute approximate surface area is 191 Å². The Kier molecular flexibility index (Phi) is 6.60. The summed E-state index contributed by atoms with van der Waals surface area (Å²) in [6.45, 7) is 4.04. The Bertz CT molecular complexity index is 1060. The van der Waals surface area contributed by atoms with Gasteiger partial charge in [0.05, 0.1) is 24.7 Å². The van der Waals surface area contributed by atoms with Crippen molar-refractivity contribution in [1.29, 1.82) is 0 Å². The second-order valence-electron chi connectivity index (χ2n) is 8.54. The summed E-state index contributed by atoms with van der Waals surface area (Å²) in [6, 6.07) is 12.3. The lowest BCUT2D eigenvalue weighted by Gasteiger charge is -2.16. The van der Waals surface area contributed by atoms with Crippen LogP contribution < -0.4 is 16.0 Å². The molecule has 2 aromatic carbocycles. The number of benzene rings is 2. The first-order chi connectivity index (χ1) is 15.8. The molecule has 0 unspecified atom stereocenters. The van der Waals surface area contributed by atoms with Crippen LogP contribution in [0.3, 0.4) is 0 Å². The molecular weight excluding hydrogens is 427 g/mol. The van der Waals surface area contributed by atoms with Crippen LogP contribution in [0.15, 0.2) is 42.5 Å². The Morgan fingerprint density at radius 2 is 1.94 bits per heavy atom. The van der Waals surface area contributed by atoms with E-state index in [0.717, 1.165) is 24.1 Å². The monoisotopic (exact) mass is 454 g/mol. The lowest BCUT2D eigenvalue weighted by Crippen LogP contribution is -2.33. The predicted molar refractivity (Wildman–Crippen MR) is 121 cm³/mol. The van der Waals surface area contributed by atoms with Crippen molar-refractivity contribution in [3.05, 3.63) is 53.8 Å². The second kappa shape index (κ2) is 9.58. The fourth-order valence-electron chi connectivity index (χ4n) is 4.26. The summed E-state index contributed by atoms with van der Waals surface area (Å²) in [7, 11) is 0. The molecule has 4 rings (SSSR count). The lowest BCUT2D eigenvalue weighted by atomic mass is 10.0. The zero-order valence-corrected chi connectivity index (χ0v) is 18.4. The molecule has 0 aliphatic carbocycles. The number of ether oxygens (including phenoxy) is 1. The molecule has 2 aliphatic rings. The molecule has 3 N–H and O–H groups in total. The van der Waals surface area contributed by atoms with Gasteiger partial charge in [0.25, 0.3) is 0 Å². The first-order valence-corrected chi connectivity index (χ1v) is 10.9. The average molecular weight is 455 g/mol. The average Bonchev–Trinajstić information content (AvgIpc) is 3.39. The summed E-state index contributed by atoms with van der Waals surface area (Å²) in [6.07, 6.45) is -0.267. The van der Waals surface area contributed by atoms with Crippen LogP contribution in [0.25, 0.3) is 11.1 Å². The third-order valence-corrected chi connectivity index (χ3v) is 6.06. The molecule has 0 bridgehead atoms. The highest BCUT2D eigenvalue weighted by molar-refractivity contribution is 5.90. The van der Waals surface area contributed by atoms with Gasteiger partial charge in [-0.15, -0.1) is 0 Å². The Hall–Kier alpha value is -3.46. The van der Waals surface area contributed by atoms with Gasteiger partial charge >= 0.3 is 6.09 Å². The maximum absolute atomic E-state index is 14.9. The number of carbonyl (C=O) groups is 3. The normalized spacial score (nSPS) is 20.7. The summed E-state index contributed by atoms with van der Waals surface area (Å²) >= 11 is 0. The Balaban J connectivity index is 1.40. The Morgan fingerprint density at radius 1 is 1.18 bits per heavy atom. The van der Waals surface area contributed by atoms with E-state index >= 15 is 0 Å². The minimum absolute atomic E-state index is 0.0922. The van der Waals surface area contributed by atoms with Crippen LogP contribution >= 0.6 is 0 Å². The molecule has 2 aromatic rings. The highest BCUT2D eigenvalue weighted by atomic mass is 19.1. The molecule has 3 amide bonds. The van der Waals surface area contributed by atoms with Gasteiger partial charge in [-0.3, -0.25) is 19.4 Å². The number of anilines is 1. The molecule has 0 saturated carbocycles. The van der Waals surface area contributed by atoms with E-state index in [4.69, 9.17) is 10.5 Å². The van der Waals surface area contributed by atoms with Gasteiger partial charge in [-0.25, -0.2) is 9.18 Å². The number of hydrogen-bond acceptors (Lipinski definition) is 5. The smallest absolute Gasteiger partial charge is 0.414 e. The quantitative estimate of drug-likeness (QED) is 0.668. The van der Waals surface area contributed by atoms with Crippen LogP contribution in [0.2, 0.25) is 0 Å². The van der Waals surface area contributed by atoms with Crippen molar-refractivity contribution in [3.8, 4) is 11.1 Å². The van der Waals surface area contributed by atoms with E-state index in [1.807, 2.05) is 24.3 Å². The number of nitrogens with zero attached hydrogens (tertiary/aromatic N) is 2. The molecule has 0 aromatic heterocycles. The molecule has 8 nitrogen and oxygen atoms in total. The number of nitrogens with two attached hydrogens (primary N) is 1. The van der Waals surface area contributed by atoms with Gasteiger partial charge in [0.2, 0.25) is 11.8 Å². The summed E-state index contributed by atoms with van der Waals surface area (Å²) < 4.78 is 20.2. The number of amides is 3. The van der Waals surface area contributed by atoms with Gasteiger partial charge in [-0.1, -0.05) is 24.3 Å². The van der Waals surface area contributed by atoms with Crippen LogP contribution in [0.4, 0.5) is 14.9 Å². The third kappa shape index (κ3) is 5.31. The van der Waals surface area contributed by atoms with Crippen LogP contribution in [0.5, 0.6) is 0 Å². The fourth-order valence-corrected chi connectivity index (χ4v) is 4.26. The van der Waals surface area contributed by atoms with Crippen molar-refractivity contribution in [2.75, 3.05) is 31.1 Å². The first-order valence-electron chi connectivity index (χ1n) is 10.9. The van der Waals surface area contributed by atoms with Gasteiger partial charge in [-0.05, 0) is 42.3 Å². The number of nitrogens with one attached hydrogen (secondary N) is 1. The van der Waals surface area contributed by atoms with E-state index < -0.39 is 18.0 Å². The third-order valence-electron chi connectivity index (χ3n) is 6.06. The topological polar surface area (TPSA) is 105 Å². The molecule has 2 heterocycles. The molecular formula is C24H27FN4O4. The van der Waals surface area contributed by atoms with E-state index in [0.29, 0.717) is 24.3 Å². The summed E-state index contributed by atoms with van der Waals surface area (Å²) in [4.78, 5) is 38.1. The van der Waals surface area contributed by atoms with Crippen molar-refractivity contribution < 1.29 is 23.5 Å². The van der Waals surface area contributed by atoms with Gasteiger partial charge < -0.3 is 15.8 Å². The van der Waals surface area contributed by atoms with Crippen molar-refractivity contribution in [2.24, 2.45) is 11.7 Å². The van der Waals surface area contributed by atoms with Crippen LogP contribution in [0, 0.1) is 11.7 Å². The predicted octanol–water partition coefficient (Wildman–Crippen LogP) is 2.26. The molecule has 0 radical (unpaired) electrons. The van der Waals surface area contributed by atoms with Crippen LogP contribution in [-0.2, 0) is 20.9 Å². The fraction of sp³-hybridized carbons (Fsp3) is 0.375. The molecule has 2 atom stereocenters. The molecule has 9 heteroatoms. The summed E-state index contributed by atoms with van der Waals surface area (Å²) in [5.74, 6) is -0.994. The van der Waals surface area contributed by atoms with E-state index in [-0.39, 0.29) is 30.8 Å². The number of rotatable bonds is 7. The Morgan fingerprint density at radius 3 is 2.58 bits per heavy atom. The summed E-state index contributed by atoms with van der Waals surface area (Å²) in [5.41, 5.74) is 8.04. The molecule has 33 heavy (non-hydrogen) atoms.